The second-order valence-corrected chi connectivity index (χ2v) is 5.69. The lowest BCUT2D eigenvalue weighted by Gasteiger charge is -2.24. The lowest BCUT2D eigenvalue weighted by atomic mass is 10.1. The molecule has 112 valence electrons. The summed E-state index contributed by atoms with van der Waals surface area (Å²) in [4.78, 5) is 12.0. The number of methoxy groups -OCH3 is 2. The van der Waals surface area contributed by atoms with E-state index in [1.54, 1.807) is 14.2 Å². The number of ether oxygens (including phenoxy) is 3. The summed E-state index contributed by atoms with van der Waals surface area (Å²) < 4.78 is 15.9. The molecule has 1 saturated heterocycles. The zero-order valence-corrected chi connectivity index (χ0v) is 12.5. The van der Waals surface area contributed by atoms with E-state index in [0.29, 0.717) is 19.5 Å². The number of nitrogens with one attached hydrogen (secondary N) is 2. The van der Waals surface area contributed by atoms with Crippen molar-refractivity contribution in [1.82, 2.24) is 10.6 Å². The quantitative estimate of drug-likeness (QED) is 0.680. The minimum absolute atomic E-state index is 0.0425. The third-order valence-corrected chi connectivity index (χ3v) is 2.90. The first-order chi connectivity index (χ1) is 8.85. The molecule has 0 aromatic heterocycles. The monoisotopic (exact) mass is 274 g/mol. The molecule has 0 bridgehead atoms. The lowest BCUT2D eigenvalue weighted by molar-refractivity contribution is -0.129. The number of hydrogen-bond acceptors (Lipinski definition) is 5. The van der Waals surface area contributed by atoms with E-state index in [-0.39, 0.29) is 23.7 Å². The van der Waals surface area contributed by atoms with Crippen LogP contribution in [0.15, 0.2) is 0 Å². The highest BCUT2D eigenvalue weighted by Gasteiger charge is 2.32. The average Bonchev–Trinajstić information content (AvgIpc) is 2.76. The molecule has 1 heterocycles. The first-order valence-corrected chi connectivity index (χ1v) is 6.60. The topological polar surface area (TPSA) is 68.8 Å². The summed E-state index contributed by atoms with van der Waals surface area (Å²) in [6.07, 6.45) is 0.358. The Kier molecular flexibility index (Phi) is 6.19. The van der Waals surface area contributed by atoms with Gasteiger partial charge in [-0.05, 0) is 27.2 Å². The molecule has 1 aliphatic rings. The van der Waals surface area contributed by atoms with Crippen LogP contribution in [0.3, 0.4) is 0 Å². The maximum absolute atomic E-state index is 12.0. The van der Waals surface area contributed by atoms with Crippen molar-refractivity contribution >= 4 is 5.91 Å². The van der Waals surface area contributed by atoms with E-state index in [4.69, 9.17) is 14.2 Å². The Balaban J connectivity index is 2.32. The van der Waals surface area contributed by atoms with Gasteiger partial charge < -0.3 is 24.8 Å². The van der Waals surface area contributed by atoms with E-state index >= 15 is 0 Å². The Morgan fingerprint density at radius 2 is 2.00 bits per heavy atom. The van der Waals surface area contributed by atoms with Crippen LogP contribution < -0.4 is 10.6 Å². The minimum atomic E-state index is -0.410. The van der Waals surface area contributed by atoms with Crippen LogP contribution in [0.5, 0.6) is 0 Å². The lowest BCUT2D eigenvalue weighted by Crippen LogP contribution is -2.43. The fourth-order valence-electron chi connectivity index (χ4n) is 2.06. The molecule has 6 heteroatoms. The molecule has 0 aromatic carbocycles. The Hall–Kier alpha value is -0.690. The van der Waals surface area contributed by atoms with Crippen molar-refractivity contribution in [3.63, 3.8) is 0 Å². The smallest absolute Gasteiger partial charge is 0.237 e. The summed E-state index contributed by atoms with van der Waals surface area (Å²) in [5.74, 6) is -0.0425. The molecule has 2 N–H and O–H groups in total. The maximum Gasteiger partial charge on any atom is 0.237 e. The van der Waals surface area contributed by atoms with Crippen LogP contribution in [-0.4, -0.2) is 57.3 Å². The molecule has 0 radical (unpaired) electrons. The Morgan fingerprint density at radius 3 is 2.53 bits per heavy atom. The van der Waals surface area contributed by atoms with E-state index in [2.05, 4.69) is 10.6 Å². The third kappa shape index (κ3) is 5.86. The highest BCUT2D eigenvalue weighted by molar-refractivity contribution is 5.82. The van der Waals surface area contributed by atoms with E-state index in [1.165, 1.54) is 0 Å². The molecule has 6 nitrogen and oxygen atoms in total. The van der Waals surface area contributed by atoms with Gasteiger partial charge in [0.2, 0.25) is 5.91 Å². The van der Waals surface area contributed by atoms with Crippen LogP contribution in [0.4, 0.5) is 0 Å². The summed E-state index contributed by atoms with van der Waals surface area (Å²) in [6.45, 7) is 7.09. The second-order valence-electron chi connectivity index (χ2n) is 5.69. The third-order valence-electron chi connectivity index (χ3n) is 2.90. The van der Waals surface area contributed by atoms with Gasteiger partial charge in [-0.15, -0.1) is 0 Å². The van der Waals surface area contributed by atoms with Gasteiger partial charge in [-0.25, -0.2) is 0 Å². The van der Waals surface area contributed by atoms with Gasteiger partial charge in [0, 0.05) is 20.8 Å². The first-order valence-electron chi connectivity index (χ1n) is 6.60. The van der Waals surface area contributed by atoms with Crippen LogP contribution in [-0.2, 0) is 19.0 Å². The summed E-state index contributed by atoms with van der Waals surface area (Å²) in [6, 6.07) is -0.207. The van der Waals surface area contributed by atoms with Crippen LogP contribution in [0.1, 0.15) is 27.2 Å². The predicted molar refractivity (Wildman–Crippen MR) is 71.8 cm³/mol. The molecule has 0 spiro atoms. The van der Waals surface area contributed by atoms with Crippen molar-refractivity contribution in [2.45, 2.75) is 51.2 Å². The van der Waals surface area contributed by atoms with E-state index in [0.717, 1.165) is 0 Å². The molecule has 1 fully saturated rings. The normalized spacial score (nSPS) is 23.9. The fraction of sp³-hybridized carbons (Fsp3) is 0.923. The van der Waals surface area contributed by atoms with Gasteiger partial charge in [0.25, 0.3) is 0 Å². The average molecular weight is 274 g/mol. The maximum atomic E-state index is 12.0. The van der Waals surface area contributed by atoms with Gasteiger partial charge in [0.05, 0.1) is 24.3 Å². The molecule has 1 aliphatic heterocycles. The SMILES string of the molecule is COC(CNC(=O)[C@@H]1C[C@@H](OC(C)(C)C)CN1)OC. The van der Waals surface area contributed by atoms with E-state index < -0.39 is 6.29 Å². The number of hydrogen-bond donors (Lipinski definition) is 2. The van der Waals surface area contributed by atoms with Gasteiger partial charge in [-0.2, -0.15) is 0 Å². The van der Waals surface area contributed by atoms with Crippen molar-refractivity contribution in [3.8, 4) is 0 Å². The minimum Gasteiger partial charge on any atom is -0.371 e. The van der Waals surface area contributed by atoms with Gasteiger partial charge >= 0.3 is 0 Å². The van der Waals surface area contributed by atoms with Crippen LogP contribution in [0.2, 0.25) is 0 Å². The van der Waals surface area contributed by atoms with Crippen LogP contribution >= 0.6 is 0 Å². The van der Waals surface area contributed by atoms with Gasteiger partial charge in [0.1, 0.15) is 0 Å². The molecular weight excluding hydrogens is 248 g/mol. The van der Waals surface area contributed by atoms with E-state index in [1.807, 2.05) is 20.8 Å². The number of carbonyl (C=O) groups is 1. The molecule has 0 unspecified atom stereocenters. The largest absolute Gasteiger partial charge is 0.371 e. The Labute approximate surface area is 115 Å². The predicted octanol–water partition coefficient (Wildman–Crippen LogP) is 0.267. The first kappa shape index (κ1) is 16.4. The molecule has 2 atom stereocenters. The summed E-state index contributed by atoms with van der Waals surface area (Å²) in [7, 11) is 3.09. The zero-order chi connectivity index (χ0) is 14.5. The number of rotatable bonds is 6. The van der Waals surface area contributed by atoms with Crippen LogP contribution in [0, 0.1) is 0 Å². The Bertz CT molecular complexity index is 287. The molecule has 1 rings (SSSR count). The van der Waals surface area contributed by atoms with Crippen molar-refractivity contribution in [2.75, 3.05) is 27.3 Å². The molecule has 0 aromatic rings. The molecule has 0 aliphatic carbocycles. The van der Waals surface area contributed by atoms with Crippen molar-refractivity contribution < 1.29 is 19.0 Å². The second kappa shape index (κ2) is 7.19. The zero-order valence-electron chi connectivity index (χ0n) is 12.5. The van der Waals surface area contributed by atoms with Gasteiger partial charge in [-0.3, -0.25) is 4.79 Å². The molecule has 0 saturated carbocycles. The highest BCUT2D eigenvalue weighted by Crippen LogP contribution is 2.18. The van der Waals surface area contributed by atoms with Crippen molar-refractivity contribution in [3.05, 3.63) is 0 Å². The van der Waals surface area contributed by atoms with Crippen LogP contribution in [0.25, 0.3) is 0 Å². The number of amides is 1. The summed E-state index contributed by atoms with van der Waals surface area (Å²) in [5.41, 5.74) is -0.186. The van der Waals surface area contributed by atoms with Gasteiger partial charge in [0.15, 0.2) is 6.29 Å². The molecule has 1 amide bonds. The molecule has 19 heavy (non-hydrogen) atoms. The van der Waals surface area contributed by atoms with Crippen molar-refractivity contribution in [1.29, 1.82) is 0 Å². The summed E-state index contributed by atoms with van der Waals surface area (Å²) in [5, 5.41) is 5.97. The summed E-state index contributed by atoms with van der Waals surface area (Å²) >= 11 is 0. The van der Waals surface area contributed by atoms with Gasteiger partial charge in [-0.1, -0.05) is 0 Å². The van der Waals surface area contributed by atoms with Crippen molar-refractivity contribution in [2.24, 2.45) is 0 Å². The Morgan fingerprint density at radius 1 is 1.37 bits per heavy atom. The van der Waals surface area contributed by atoms with E-state index in [9.17, 15) is 4.79 Å². The number of carbonyl (C=O) groups excluding carboxylic acids is 1. The highest BCUT2D eigenvalue weighted by atomic mass is 16.7. The fourth-order valence-corrected chi connectivity index (χ4v) is 2.06. The molecular formula is C13H26N2O4. The standard InChI is InChI=1S/C13H26N2O4/c1-13(2,3)19-9-6-10(14-7-9)12(16)15-8-11(17-4)18-5/h9-11,14H,6-8H2,1-5H3,(H,15,16)/t9-,10+/m1/s1.